The average molecular weight is 330 g/mol. The highest BCUT2D eigenvalue weighted by Gasteiger charge is 2.34. The van der Waals surface area contributed by atoms with Gasteiger partial charge >= 0.3 is 0 Å². The molecule has 3 atom stereocenters. The van der Waals surface area contributed by atoms with Crippen molar-refractivity contribution in [3.63, 3.8) is 0 Å². The van der Waals surface area contributed by atoms with Gasteiger partial charge in [-0.25, -0.2) is 0 Å². The number of likely N-dealkylation sites (tertiary alicyclic amines) is 1. The van der Waals surface area contributed by atoms with E-state index in [1.54, 1.807) is 0 Å². The maximum absolute atomic E-state index is 12.2. The van der Waals surface area contributed by atoms with E-state index in [1.165, 1.54) is 12.8 Å². The number of nitrogens with one attached hydrogen (secondary N) is 2. The molecule has 3 fully saturated rings. The molecule has 126 valence electrons. The van der Waals surface area contributed by atoms with Crippen molar-refractivity contribution < 1.29 is 9.59 Å². The lowest BCUT2D eigenvalue weighted by molar-refractivity contribution is -0.129. The minimum Gasteiger partial charge on any atom is -0.352 e. The standard InChI is InChI=1S/C16H27N3O2.ClH/c1-11(10-19-6-2-3-16(19)21)17-15(20)9-12-7-13-4-5-14(8-12)18-13;/h11-14,18H,2-10H2,1H3,(H,17,20);1H. The van der Waals surface area contributed by atoms with Gasteiger partial charge in [-0.05, 0) is 44.9 Å². The summed E-state index contributed by atoms with van der Waals surface area (Å²) in [6, 6.07) is 1.33. The average Bonchev–Trinajstić information content (AvgIpc) is 2.96. The molecule has 3 heterocycles. The number of rotatable bonds is 5. The van der Waals surface area contributed by atoms with Gasteiger partial charge in [-0.1, -0.05) is 0 Å². The second-order valence-electron chi connectivity index (χ2n) is 7.09. The van der Waals surface area contributed by atoms with Crippen LogP contribution in [0, 0.1) is 5.92 Å². The third-order valence-electron chi connectivity index (χ3n) is 5.12. The van der Waals surface area contributed by atoms with Gasteiger partial charge in [0.1, 0.15) is 0 Å². The summed E-state index contributed by atoms with van der Waals surface area (Å²) >= 11 is 0. The lowest BCUT2D eigenvalue weighted by atomic mass is 9.89. The van der Waals surface area contributed by atoms with Crippen molar-refractivity contribution in [2.45, 2.75) is 70.0 Å². The van der Waals surface area contributed by atoms with Crippen molar-refractivity contribution in [3.05, 3.63) is 0 Å². The number of nitrogens with zero attached hydrogens (tertiary/aromatic N) is 1. The summed E-state index contributed by atoms with van der Waals surface area (Å²) in [5.74, 6) is 0.913. The Labute approximate surface area is 139 Å². The molecule has 3 unspecified atom stereocenters. The zero-order valence-electron chi connectivity index (χ0n) is 13.3. The van der Waals surface area contributed by atoms with Crippen LogP contribution in [0.3, 0.4) is 0 Å². The number of carbonyl (C=O) groups excluding carboxylic acids is 2. The second-order valence-corrected chi connectivity index (χ2v) is 7.09. The monoisotopic (exact) mass is 329 g/mol. The Morgan fingerprint density at radius 1 is 1.36 bits per heavy atom. The summed E-state index contributed by atoms with van der Waals surface area (Å²) in [5.41, 5.74) is 0. The molecule has 0 radical (unpaired) electrons. The summed E-state index contributed by atoms with van der Waals surface area (Å²) in [6.07, 6.45) is 7.10. The van der Waals surface area contributed by atoms with Crippen molar-refractivity contribution >= 4 is 24.2 Å². The first-order chi connectivity index (χ1) is 10.1. The molecule has 6 heteroatoms. The quantitative estimate of drug-likeness (QED) is 0.802. The lowest BCUT2D eigenvalue weighted by Gasteiger charge is -2.29. The Morgan fingerprint density at radius 2 is 2.05 bits per heavy atom. The molecule has 2 amide bonds. The van der Waals surface area contributed by atoms with E-state index in [0.29, 0.717) is 37.4 Å². The van der Waals surface area contributed by atoms with E-state index in [0.717, 1.165) is 25.8 Å². The predicted molar refractivity (Wildman–Crippen MR) is 88.0 cm³/mol. The molecule has 3 saturated heterocycles. The number of carbonyl (C=O) groups is 2. The minimum absolute atomic E-state index is 0. The maximum Gasteiger partial charge on any atom is 0.222 e. The molecular weight excluding hydrogens is 302 g/mol. The van der Waals surface area contributed by atoms with Gasteiger partial charge in [0.2, 0.25) is 11.8 Å². The van der Waals surface area contributed by atoms with Crippen molar-refractivity contribution in [1.29, 1.82) is 0 Å². The minimum atomic E-state index is 0. The fraction of sp³-hybridized carbons (Fsp3) is 0.875. The molecule has 0 aromatic carbocycles. The van der Waals surface area contributed by atoms with Crippen LogP contribution in [0.4, 0.5) is 0 Å². The van der Waals surface area contributed by atoms with Crippen molar-refractivity contribution in [3.8, 4) is 0 Å². The Bertz CT molecular complexity index is 406. The third-order valence-corrected chi connectivity index (χ3v) is 5.12. The Balaban J connectivity index is 0.00000176. The highest BCUT2D eigenvalue weighted by atomic mass is 35.5. The van der Waals surface area contributed by atoms with E-state index in [4.69, 9.17) is 0 Å². The number of piperidine rings is 1. The van der Waals surface area contributed by atoms with Crippen LogP contribution in [0.25, 0.3) is 0 Å². The van der Waals surface area contributed by atoms with E-state index in [1.807, 2.05) is 11.8 Å². The summed E-state index contributed by atoms with van der Waals surface area (Å²) in [6.45, 7) is 3.49. The zero-order valence-corrected chi connectivity index (χ0v) is 14.2. The van der Waals surface area contributed by atoms with Gasteiger partial charge in [-0.15, -0.1) is 12.4 Å². The molecule has 0 aliphatic carbocycles. The normalized spacial score (nSPS) is 31.8. The number of halogens is 1. The van der Waals surface area contributed by atoms with Gasteiger partial charge in [-0.3, -0.25) is 9.59 Å². The molecular formula is C16H28ClN3O2. The largest absolute Gasteiger partial charge is 0.352 e. The smallest absolute Gasteiger partial charge is 0.222 e. The number of amides is 2. The highest BCUT2D eigenvalue weighted by Crippen LogP contribution is 2.32. The molecule has 0 aromatic rings. The molecule has 2 bridgehead atoms. The fourth-order valence-corrected chi connectivity index (χ4v) is 4.21. The van der Waals surface area contributed by atoms with Crippen LogP contribution in [0.15, 0.2) is 0 Å². The first-order valence-electron chi connectivity index (χ1n) is 8.43. The molecule has 0 aromatic heterocycles. The fourth-order valence-electron chi connectivity index (χ4n) is 4.21. The summed E-state index contributed by atoms with van der Waals surface area (Å²) < 4.78 is 0. The van der Waals surface area contributed by atoms with Gasteiger partial charge < -0.3 is 15.5 Å². The molecule has 3 rings (SSSR count). The van der Waals surface area contributed by atoms with Crippen molar-refractivity contribution in [2.24, 2.45) is 5.92 Å². The van der Waals surface area contributed by atoms with Crippen molar-refractivity contribution in [2.75, 3.05) is 13.1 Å². The van der Waals surface area contributed by atoms with Crippen LogP contribution in [0.1, 0.15) is 51.9 Å². The van der Waals surface area contributed by atoms with E-state index < -0.39 is 0 Å². The Hall–Kier alpha value is -0.810. The molecule has 0 spiro atoms. The van der Waals surface area contributed by atoms with Gasteiger partial charge in [-0.2, -0.15) is 0 Å². The van der Waals surface area contributed by atoms with Crippen molar-refractivity contribution in [1.82, 2.24) is 15.5 Å². The van der Waals surface area contributed by atoms with Crippen LogP contribution in [-0.4, -0.2) is 47.9 Å². The number of hydrogen-bond acceptors (Lipinski definition) is 3. The van der Waals surface area contributed by atoms with E-state index in [9.17, 15) is 9.59 Å². The predicted octanol–water partition coefficient (Wildman–Crippen LogP) is 1.46. The molecule has 0 saturated carbocycles. The number of hydrogen-bond donors (Lipinski definition) is 2. The molecule has 2 N–H and O–H groups in total. The van der Waals surface area contributed by atoms with E-state index >= 15 is 0 Å². The molecule has 3 aliphatic heterocycles. The first kappa shape index (κ1) is 17.5. The van der Waals surface area contributed by atoms with E-state index in [2.05, 4.69) is 10.6 Å². The van der Waals surface area contributed by atoms with Crippen LogP contribution in [-0.2, 0) is 9.59 Å². The molecule has 22 heavy (non-hydrogen) atoms. The number of fused-ring (bicyclic) bond motifs is 2. The van der Waals surface area contributed by atoms with Crippen LogP contribution < -0.4 is 10.6 Å². The molecule has 5 nitrogen and oxygen atoms in total. The molecule has 3 aliphatic rings. The van der Waals surface area contributed by atoms with Gasteiger partial charge in [0.05, 0.1) is 0 Å². The highest BCUT2D eigenvalue weighted by molar-refractivity contribution is 5.85. The first-order valence-corrected chi connectivity index (χ1v) is 8.43. The lowest BCUT2D eigenvalue weighted by Crippen LogP contribution is -2.44. The van der Waals surface area contributed by atoms with Crippen LogP contribution >= 0.6 is 12.4 Å². The van der Waals surface area contributed by atoms with Crippen LogP contribution in [0.5, 0.6) is 0 Å². The van der Waals surface area contributed by atoms with Gasteiger partial charge in [0.15, 0.2) is 0 Å². The maximum atomic E-state index is 12.2. The van der Waals surface area contributed by atoms with Gasteiger partial charge in [0, 0.05) is 44.1 Å². The zero-order chi connectivity index (χ0) is 14.8. The Kier molecular flexibility index (Phi) is 6.09. The Morgan fingerprint density at radius 3 is 2.64 bits per heavy atom. The second kappa shape index (κ2) is 7.64. The third kappa shape index (κ3) is 4.35. The van der Waals surface area contributed by atoms with Crippen LogP contribution in [0.2, 0.25) is 0 Å². The summed E-state index contributed by atoms with van der Waals surface area (Å²) in [4.78, 5) is 25.6. The summed E-state index contributed by atoms with van der Waals surface area (Å²) in [5, 5.41) is 6.68. The van der Waals surface area contributed by atoms with E-state index in [-0.39, 0.29) is 30.3 Å². The van der Waals surface area contributed by atoms with Gasteiger partial charge in [0.25, 0.3) is 0 Å². The topological polar surface area (TPSA) is 61.4 Å². The SMILES string of the molecule is CC(CN1CCCC1=O)NC(=O)CC1CC2CCC(C1)N2.Cl. The summed E-state index contributed by atoms with van der Waals surface area (Å²) in [7, 11) is 0.